The maximum atomic E-state index is 6.14. The molecule has 2 aromatic rings. The molecule has 2 aromatic heterocycles. The van der Waals surface area contributed by atoms with Crippen molar-refractivity contribution in [2.24, 2.45) is 0 Å². The van der Waals surface area contributed by atoms with Crippen LogP contribution in [0.1, 0.15) is 12.5 Å². The number of aromatic nitrogens is 2. The Hall–Kier alpha value is -1.33. The fourth-order valence-electron chi connectivity index (χ4n) is 1.60. The van der Waals surface area contributed by atoms with Crippen molar-refractivity contribution in [3.05, 3.63) is 33.6 Å². The molecule has 0 radical (unpaired) electrons. The summed E-state index contributed by atoms with van der Waals surface area (Å²) in [4.78, 5) is 10.6. The van der Waals surface area contributed by atoms with Crippen molar-refractivity contribution in [2.45, 2.75) is 13.5 Å². The van der Waals surface area contributed by atoms with Gasteiger partial charge >= 0.3 is 0 Å². The lowest BCUT2D eigenvalue weighted by atomic mass is 10.3. The number of thiophene rings is 1. The number of hydrogen-bond donors (Lipinski definition) is 1. The first-order valence-corrected chi connectivity index (χ1v) is 7.01. The minimum Gasteiger partial charge on any atom is -0.354 e. The van der Waals surface area contributed by atoms with Crippen LogP contribution in [-0.4, -0.2) is 23.6 Å². The molecule has 18 heavy (non-hydrogen) atoms. The number of nitrogens with one attached hydrogen (secondary N) is 1. The number of hydrogen-bond acceptors (Lipinski definition) is 5. The lowest BCUT2D eigenvalue weighted by Gasteiger charge is -2.19. The molecule has 1 N–H and O–H groups in total. The minimum absolute atomic E-state index is 0.564. The summed E-state index contributed by atoms with van der Waals surface area (Å²) in [6.45, 7) is 3.58. The Kier molecular flexibility index (Phi) is 4.38. The highest BCUT2D eigenvalue weighted by Crippen LogP contribution is 2.24. The van der Waals surface area contributed by atoms with Crippen LogP contribution in [0.25, 0.3) is 0 Å². The fourth-order valence-corrected chi connectivity index (χ4v) is 2.50. The van der Waals surface area contributed by atoms with Crippen LogP contribution in [0, 0.1) is 0 Å². The van der Waals surface area contributed by atoms with Crippen LogP contribution in [0.3, 0.4) is 0 Å². The second-order valence-electron chi connectivity index (χ2n) is 3.88. The molecule has 0 unspecified atom stereocenters. The zero-order chi connectivity index (χ0) is 13.0. The molecule has 96 valence electrons. The van der Waals surface area contributed by atoms with E-state index < -0.39 is 0 Å². The van der Waals surface area contributed by atoms with Crippen molar-refractivity contribution in [1.82, 2.24) is 9.97 Å². The van der Waals surface area contributed by atoms with Gasteiger partial charge in [-0.15, -0.1) is 0 Å². The number of rotatable bonds is 5. The van der Waals surface area contributed by atoms with E-state index >= 15 is 0 Å². The monoisotopic (exact) mass is 282 g/mol. The van der Waals surface area contributed by atoms with Gasteiger partial charge in [0.2, 0.25) is 5.95 Å². The first kappa shape index (κ1) is 13.1. The summed E-state index contributed by atoms with van der Waals surface area (Å²) >= 11 is 7.83. The predicted molar refractivity (Wildman–Crippen MR) is 77.6 cm³/mol. The second kappa shape index (κ2) is 6.02. The van der Waals surface area contributed by atoms with Gasteiger partial charge in [-0.2, -0.15) is 16.3 Å². The zero-order valence-electron chi connectivity index (χ0n) is 10.4. The zero-order valence-corrected chi connectivity index (χ0v) is 11.9. The Labute approximate surface area is 116 Å². The normalized spacial score (nSPS) is 10.4. The SMILES string of the molecule is CCNc1ncc(Cl)c(N(C)Cc2ccsc2)n1. The van der Waals surface area contributed by atoms with Crippen molar-refractivity contribution in [3.8, 4) is 0 Å². The summed E-state index contributed by atoms with van der Waals surface area (Å²) in [6.07, 6.45) is 1.63. The van der Waals surface area contributed by atoms with Crippen LogP contribution in [0.5, 0.6) is 0 Å². The van der Waals surface area contributed by atoms with Crippen LogP contribution >= 0.6 is 22.9 Å². The molecule has 2 heterocycles. The molecule has 0 aromatic carbocycles. The van der Waals surface area contributed by atoms with Gasteiger partial charge in [0, 0.05) is 20.1 Å². The molecule has 0 spiro atoms. The highest BCUT2D eigenvalue weighted by molar-refractivity contribution is 7.07. The molecule has 0 bridgehead atoms. The van der Waals surface area contributed by atoms with Gasteiger partial charge in [-0.05, 0) is 29.3 Å². The van der Waals surface area contributed by atoms with E-state index in [1.165, 1.54) is 5.56 Å². The Bertz CT molecular complexity index is 501. The number of nitrogens with zero attached hydrogens (tertiary/aromatic N) is 3. The van der Waals surface area contributed by atoms with Crippen LogP contribution in [0.4, 0.5) is 11.8 Å². The Morgan fingerprint density at radius 2 is 2.33 bits per heavy atom. The van der Waals surface area contributed by atoms with E-state index in [0.29, 0.717) is 11.0 Å². The molecule has 0 aliphatic carbocycles. The van der Waals surface area contributed by atoms with Gasteiger partial charge in [0.25, 0.3) is 0 Å². The average molecular weight is 283 g/mol. The maximum absolute atomic E-state index is 6.14. The minimum atomic E-state index is 0.564. The first-order valence-electron chi connectivity index (χ1n) is 5.69. The van der Waals surface area contributed by atoms with Crippen molar-refractivity contribution in [3.63, 3.8) is 0 Å². The fraction of sp³-hybridized carbons (Fsp3) is 0.333. The third kappa shape index (κ3) is 3.11. The first-order chi connectivity index (χ1) is 8.70. The van der Waals surface area contributed by atoms with E-state index in [9.17, 15) is 0 Å². The molecule has 0 atom stereocenters. The Morgan fingerprint density at radius 1 is 1.50 bits per heavy atom. The lowest BCUT2D eigenvalue weighted by Crippen LogP contribution is -2.18. The van der Waals surface area contributed by atoms with Gasteiger partial charge in [0.05, 0.1) is 6.20 Å². The molecule has 0 saturated carbocycles. The average Bonchev–Trinajstić information content (AvgIpc) is 2.84. The molecule has 0 saturated heterocycles. The summed E-state index contributed by atoms with van der Waals surface area (Å²) in [5.41, 5.74) is 1.25. The van der Waals surface area contributed by atoms with Gasteiger partial charge in [0.15, 0.2) is 5.82 Å². The highest BCUT2D eigenvalue weighted by atomic mass is 35.5. The topological polar surface area (TPSA) is 41.1 Å². The van der Waals surface area contributed by atoms with Gasteiger partial charge in [-0.1, -0.05) is 11.6 Å². The van der Waals surface area contributed by atoms with E-state index in [2.05, 4.69) is 32.1 Å². The smallest absolute Gasteiger partial charge is 0.224 e. The maximum Gasteiger partial charge on any atom is 0.224 e. The molecule has 0 fully saturated rings. The molecule has 2 rings (SSSR count). The van der Waals surface area contributed by atoms with Crippen LogP contribution in [0.15, 0.2) is 23.0 Å². The van der Waals surface area contributed by atoms with E-state index in [-0.39, 0.29) is 0 Å². The molecular weight excluding hydrogens is 268 g/mol. The van der Waals surface area contributed by atoms with Crippen molar-refractivity contribution in [1.29, 1.82) is 0 Å². The molecule has 6 heteroatoms. The summed E-state index contributed by atoms with van der Waals surface area (Å²) in [6, 6.07) is 2.10. The van der Waals surface area contributed by atoms with Gasteiger partial charge < -0.3 is 10.2 Å². The highest BCUT2D eigenvalue weighted by Gasteiger charge is 2.10. The Morgan fingerprint density at radius 3 is 3.00 bits per heavy atom. The number of halogens is 1. The standard InChI is InChI=1S/C12H15ClN4S/c1-3-14-12-15-6-10(13)11(16-12)17(2)7-9-4-5-18-8-9/h4-6,8H,3,7H2,1-2H3,(H,14,15,16). The van der Waals surface area contributed by atoms with Gasteiger partial charge in [0.1, 0.15) is 5.02 Å². The van der Waals surface area contributed by atoms with Gasteiger partial charge in [-0.3, -0.25) is 0 Å². The van der Waals surface area contributed by atoms with Crippen LogP contribution in [0.2, 0.25) is 5.02 Å². The Balaban J connectivity index is 2.17. The van der Waals surface area contributed by atoms with E-state index in [1.807, 2.05) is 18.9 Å². The van der Waals surface area contributed by atoms with Crippen LogP contribution < -0.4 is 10.2 Å². The molecular formula is C12H15ClN4S. The van der Waals surface area contributed by atoms with Crippen LogP contribution in [-0.2, 0) is 6.54 Å². The van der Waals surface area contributed by atoms with Gasteiger partial charge in [-0.25, -0.2) is 4.98 Å². The molecule has 0 aliphatic rings. The second-order valence-corrected chi connectivity index (χ2v) is 5.07. The molecule has 0 aliphatic heterocycles. The van der Waals surface area contributed by atoms with Crippen molar-refractivity contribution < 1.29 is 0 Å². The molecule has 4 nitrogen and oxygen atoms in total. The summed E-state index contributed by atoms with van der Waals surface area (Å²) in [5, 5.41) is 7.83. The summed E-state index contributed by atoms with van der Waals surface area (Å²) in [5.74, 6) is 1.35. The van der Waals surface area contributed by atoms with E-state index in [4.69, 9.17) is 11.6 Å². The third-order valence-electron chi connectivity index (χ3n) is 2.42. The van der Waals surface area contributed by atoms with Crippen molar-refractivity contribution in [2.75, 3.05) is 23.8 Å². The molecule has 0 amide bonds. The third-order valence-corrected chi connectivity index (χ3v) is 3.42. The summed E-state index contributed by atoms with van der Waals surface area (Å²) < 4.78 is 0. The lowest BCUT2D eigenvalue weighted by molar-refractivity contribution is 0.894. The van der Waals surface area contributed by atoms with E-state index in [0.717, 1.165) is 18.9 Å². The van der Waals surface area contributed by atoms with E-state index in [1.54, 1.807) is 17.5 Å². The summed E-state index contributed by atoms with van der Waals surface area (Å²) in [7, 11) is 1.97. The quantitative estimate of drug-likeness (QED) is 0.914. The predicted octanol–water partition coefficient (Wildman–Crippen LogP) is 3.26. The largest absolute Gasteiger partial charge is 0.354 e. The van der Waals surface area contributed by atoms with Crippen molar-refractivity contribution >= 4 is 34.7 Å². The number of anilines is 2.